The van der Waals surface area contributed by atoms with Crippen molar-refractivity contribution in [1.29, 1.82) is 0 Å². The standard InChI is InChI=1S/C12H15BrClNO4S/c1-3-4-19-7-12(16)15-10-5-8(2)11(6-9(10)13)20(14,17)18/h5-6H,3-4,7H2,1-2H3,(H,15,16). The Bertz CT molecular complexity index is 604. The number of aryl methyl sites for hydroxylation is 1. The van der Waals surface area contributed by atoms with Gasteiger partial charge in [-0.15, -0.1) is 0 Å². The molecule has 0 aromatic heterocycles. The van der Waals surface area contributed by atoms with Gasteiger partial charge in [0.1, 0.15) is 6.61 Å². The zero-order valence-electron chi connectivity index (χ0n) is 11.1. The number of benzene rings is 1. The van der Waals surface area contributed by atoms with Crippen molar-refractivity contribution in [2.24, 2.45) is 0 Å². The highest BCUT2D eigenvalue weighted by Gasteiger charge is 2.17. The molecule has 1 N–H and O–H groups in total. The molecule has 0 spiro atoms. The zero-order chi connectivity index (χ0) is 15.3. The average molecular weight is 385 g/mol. The first-order valence-corrected chi connectivity index (χ1v) is 8.98. The van der Waals surface area contributed by atoms with Crippen LogP contribution in [0.4, 0.5) is 5.69 Å². The third kappa shape index (κ3) is 5.05. The fourth-order valence-corrected chi connectivity index (χ4v) is 3.31. The summed E-state index contributed by atoms with van der Waals surface area (Å²) in [4.78, 5) is 11.6. The fraction of sp³-hybridized carbons (Fsp3) is 0.417. The molecule has 0 saturated heterocycles. The van der Waals surface area contributed by atoms with Crippen LogP contribution in [0.3, 0.4) is 0 Å². The van der Waals surface area contributed by atoms with Gasteiger partial charge in [-0.3, -0.25) is 4.79 Å². The molecule has 8 heteroatoms. The summed E-state index contributed by atoms with van der Waals surface area (Å²) in [6.45, 7) is 4.01. The number of anilines is 1. The first kappa shape index (κ1) is 17.4. The zero-order valence-corrected chi connectivity index (χ0v) is 14.2. The number of amides is 1. The molecule has 0 bridgehead atoms. The van der Waals surface area contributed by atoms with Gasteiger partial charge in [0.2, 0.25) is 5.91 Å². The smallest absolute Gasteiger partial charge is 0.261 e. The van der Waals surface area contributed by atoms with Crippen LogP contribution in [-0.2, 0) is 18.6 Å². The van der Waals surface area contributed by atoms with Crippen LogP contribution in [0.2, 0.25) is 0 Å². The van der Waals surface area contributed by atoms with Crippen LogP contribution in [0.25, 0.3) is 0 Å². The fourth-order valence-electron chi connectivity index (χ4n) is 1.52. The van der Waals surface area contributed by atoms with Gasteiger partial charge in [0.25, 0.3) is 9.05 Å². The predicted octanol–water partition coefficient (Wildman–Crippen LogP) is 3.05. The lowest BCUT2D eigenvalue weighted by Crippen LogP contribution is -2.19. The van der Waals surface area contributed by atoms with E-state index in [-0.39, 0.29) is 17.4 Å². The molecule has 20 heavy (non-hydrogen) atoms. The molecule has 0 aliphatic carbocycles. The minimum absolute atomic E-state index is 0.00581. The number of ether oxygens (including phenoxy) is 1. The molecule has 0 unspecified atom stereocenters. The molecule has 1 rings (SSSR count). The Labute approximate surface area is 131 Å². The van der Waals surface area contributed by atoms with Crippen molar-refractivity contribution >= 4 is 47.3 Å². The molecule has 112 valence electrons. The van der Waals surface area contributed by atoms with E-state index >= 15 is 0 Å². The molecule has 1 amide bonds. The Kier molecular flexibility index (Phi) is 6.44. The Hall–Kier alpha value is -0.630. The summed E-state index contributed by atoms with van der Waals surface area (Å²) in [5, 5.41) is 2.64. The number of carbonyl (C=O) groups is 1. The number of carbonyl (C=O) groups excluding carboxylic acids is 1. The monoisotopic (exact) mass is 383 g/mol. The highest BCUT2D eigenvalue weighted by molar-refractivity contribution is 9.10. The van der Waals surface area contributed by atoms with Crippen LogP contribution in [0.15, 0.2) is 21.5 Å². The van der Waals surface area contributed by atoms with E-state index < -0.39 is 9.05 Å². The second-order valence-electron chi connectivity index (χ2n) is 4.14. The van der Waals surface area contributed by atoms with E-state index in [1.165, 1.54) is 12.1 Å². The predicted molar refractivity (Wildman–Crippen MR) is 81.7 cm³/mol. The molecule has 1 aromatic carbocycles. The van der Waals surface area contributed by atoms with Gasteiger partial charge < -0.3 is 10.1 Å². The normalized spacial score (nSPS) is 11.4. The quantitative estimate of drug-likeness (QED) is 0.604. The Morgan fingerprint density at radius 3 is 2.65 bits per heavy atom. The van der Waals surface area contributed by atoms with Crippen LogP contribution in [-0.4, -0.2) is 27.5 Å². The number of halogens is 2. The summed E-state index contributed by atoms with van der Waals surface area (Å²) in [6.07, 6.45) is 0.832. The van der Waals surface area contributed by atoms with E-state index in [1.54, 1.807) is 6.92 Å². The lowest BCUT2D eigenvalue weighted by molar-refractivity contribution is -0.120. The summed E-state index contributed by atoms with van der Waals surface area (Å²) >= 11 is 3.21. The van der Waals surface area contributed by atoms with Crippen LogP contribution in [0.5, 0.6) is 0 Å². The molecule has 0 aliphatic heterocycles. The van der Waals surface area contributed by atoms with E-state index in [2.05, 4.69) is 21.2 Å². The Morgan fingerprint density at radius 1 is 1.45 bits per heavy atom. The number of nitrogens with one attached hydrogen (secondary N) is 1. The van der Waals surface area contributed by atoms with E-state index in [0.717, 1.165) is 6.42 Å². The molecular formula is C12H15BrClNO4S. The van der Waals surface area contributed by atoms with Gasteiger partial charge in [-0.05, 0) is 47.0 Å². The van der Waals surface area contributed by atoms with E-state index in [1.807, 2.05) is 6.92 Å². The molecule has 0 fully saturated rings. The molecule has 5 nitrogen and oxygen atoms in total. The topological polar surface area (TPSA) is 72.5 Å². The highest BCUT2D eigenvalue weighted by atomic mass is 79.9. The number of hydrogen-bond acceptors (Lipinski definition) is 4. The summed E-state index contributed by atoms with van der Waals surface area (Å²) in [5.41, 5.74) is 0.921. The maximum absolute atomic E-state index is 11.6. The highest BCUT2D eigenvalue weighted by Crippen LogP contribution is 2.30. The Balaban J connectivity index is 2.88. The molecule has 0 aliphatic rings. The second-order valence-corrected chi connectivity index (χ2v) is 7.52. The van der Waals surface area contributed by atoms with Gasteiger partial charge >= 0.3 is 0 Å². The van der Waals surface area contributed by atoms with Crippen molar-refractivity contribution in [1.82, 2.24) is 0 Å². The van der Waals surface area contributed by atoms with Gasteiger partial charge in [0.15, 0.2) is 0 Å². The van der Waals surface area contributed by atoms with Crippen molar-refractivity contribution in [3.8, 4) is 0 Å². The number of hydrogen-bond donors (Lipinski definition) is 1. The Morgan fingerprint density at radius 2 is 2.10 bits per heavy atom. The third-order valence-electron chi connectivity index (χ3n) is 2.38. The van der Waals surface area contributed by atoms with Gasteiger partial charge in [-0.25, -0.2) is 8.42 Å². The number of rotatable bonds is 6. The van der Waals surface area contributed by atoms with E-state index in [4.69, 9.17) is 15.4 Å². The first-order chi connectivity index (χ1) is 9.25. The van der Waals surface area contributed by atoms with E-state index in [9.17, 15) is 13.2 Å². The van der Waals surface area contributed by atoms with Crippen molar-refractivity contribution < 1.29 is 17.9 Å². The lowest BCUT2D eigenvalue weighted by Gasteiger charge is -2.11. The molecule has 0 radical (unpaired) electrons. The minimum Gasteiger partial charge on any atom is -0.372 e. The van der Waals surface area contributed by atoms with Gasteiger partial charge in [-0.2, -0.15) is 0 Å². The summed E-state index contributed by atoms with van der Waals surface area (Å²) < 4.78 is 28.3. The SMILES string of the molecule is CCCOCC(=O)Nc1cc(C)c(S(=O)(=O)Cl)cc1Br. The van der Waals surface area contributed by atoms with Gasteiger partial charge in [0.05, 0.1) is 10.6 Å². The molecule has 0 atom stereocenters. The van der Waals surface area contributed by atoms with Crippen molar-refractivity contribution in [2.75, 3.05) is 18.5 Å². The molecular weight excluding hydrogens is 370 g/mol. The van der Waals surface area contributed by atoms with Gasteiger partial charge in [-0.1, -0.05) is 6.92 Å². The van der Waals surface area contributed by atoms with Crippen LogP contribution in [0.1, 0.15) is 18.9 Å². The second kappa shape index (κ2) is 7.40. The molecule has 1 aromatic rings. The lowest BCUT2D eigenvalue weighted by atomic mass is 10.2. The van der Waals surface area contributed by atoms with Gasteiger partial charge in [0, 0.05) is 21.8 Å². The maximum Gasteiger partial charge on any atom is 0.261 e. The molecule has 0 heterocycles. The average Bonchev–Trinajstić information content (AvgIpc) is 2.32. The third-order valence-corrected chi connectivity index (χ3v) is 4.50. The van der Waals surface area contributed by atoms with Crippen molar-refractivity contribution in [3.63, 3.8) is 0 Å². The first-order valence-electron chi connectivity index (χ1n) is 5.88. The summed E-state index contributed by atoms with van der Waals surface area (Å²) in [7, 11) is 1.51. The largest absolute Gasteiger partial charge is 0.372 e. The van der Waals surface area contributed by atoms with Crippen LogP contribution < -0.4 is 5.32 Å². The van der Waals surface area contributed by atoms with Crippen LogP contribution >= 0.6 is 26.6 Å². The van der Waals surface area contributed by atoms with E-state index in [0.29, 0.717) is 22.3 Å². The summed E-state index contributed by atoms with van der Waals surface area (Å²) in [5.74, 6) is -0.306. The maximum atomic E-state index is 11.6. The van der Waals surface area contributed by atoms with Crippen molar-refractivity contribution in [3.05, 3.63) is 22.2 Å². The summed E-state index contributed by atoms with van der Waals surface area (Å²) in [6, 6.07) is 2.90. The van der Waals surface area contributed by atoms with Crippen molar-refractivity contribution in [2.45, 2.75) is 25.2 Å². The molecule has 0 saturated carbocycles. The van der Waals surface area contributed by atoms with Crippen LogP contribution in [0, 0.1) is 6.92 Å². The minimum atomic E-state index is -3.81.